The molecule has 0 radical (unpaired) electrons. The number of anilines is 1. The maximum Gasteiger partial charge on any atom is 0.387 e. The first-order valence-corrected chi connectivity index (χ1v) is 6.82. The summed E-state index contributed by atoms with van der Waals surface area (Å²) < 4.78 is 43.8. The highest BCUT2D eigenvalue weighted by Crippen LogP contribution is 2.38. The summed E-state index contributed by atoms with van der Waals surface area (Å²) >= 11 is 0. The first-order valence-electron chi connectivity index (χ1n) is 6.82. The molecule has 1 heterocycles. The smallest absolute Gasteiger partial charge is 0.387 e. The molecule has 0 atom stereocenters. The zero-order valence-electron chi connectivity index (χ0n) is 11.8. The Labute approximate surface area is 130 Å². The molecule has 1 N–H and O–H groups in total. The van der Waals surface area contributed by atoms with Crippen molar-refractivity contribution in [2.24, 2.45) is 0 Å². The first kappa shape index (κ1) is 15.0. The molecule has 0 bridgehead atoms. The Morgan fingerprint density at radius 3 is 2.83 bits per heavy atom. The lowest BCUT2D eigenvalue weighted by molar-refractivity contribution is -0.0495. The molecule has 3 rings (SSSR count). The normalized spacial score (nSPS) is 12.5. The van der Waals surface area contributed by atoms with E-state index in [0.29, 0.717) is 6.54 Å². The van der Waals surface area contributed by atoms with Crippen LogP contribution in [0.25, 0.3) is 17.2 Å². The summed E-state index contributed by atoms with van der Waals surface area (Å²) in [5.41, 5.74) is 1.73. The van der Waals surface area contributed by atoms with Gasteiger partial charge in [0.1, 0.15) is 11.6 Å². The van der Waals surface area contributed by atoms with Gasteiger partial charge in [-0.05, 0) is 29.8 Å². The van der Waals surface area contributed by atoms with E-state index in [4.69, 9.17) is 0 Å². The SMILES string of the molecule is N#Cc1cc2c(cc1-c1c(F)cccc1OC(F)F)C=CCN2. The fourth-order valence-electron chi connectivity index (χ4n) is 2.52. The molecule has 0 aliphatic carbocycles. The van der Waals surface area contributed by atoms with Gasteiger partial charge in [-0.15, -0.1) is 0 Å². The van der Waals surface area contributed by atoms with Crippen molar-refractivity contribution in [1.29, 1.82) is 5.26 Å². The van der Waals surface area contributed by atoms with Gasteiger partial charge in [0.25, 0.3) is 0 Å². The number of benzene rings is 2. The van der Waals surface area contributed by atoms with Gasteiger partial charge >= 0.3 is 6.61 Å². The minimum absolute atomic E-state index is 0.147. The molecular formula is C17H11F3N2O. The van der Waals surface area contributed by atoms with E-state index in [1.54, 1.807) is 12.1 Å². The minimum Gasteiger partial charge on any atom is -0.434 e. The molecule has 6 heteroatoms. The van der Waals surface area contributed by atoms with Crippen LogP contribution in [-0.4, -0.2) is 13.2 Å². The van der Waals surface area contributed by atoms with Crippen molar-refractivity contribution in [3.8, 4) is 22.9 Å². The lowest BCUT2D eigenvalue weighted by atomic mass is 9.94. The molecule has 0 aromatic heterocycles. The Bertz CT molecular complexity index is 825. The summed E-state index contributed by atoms with van der Waals surface area (Å²) in [6.07, 6.45) is 3.70. The van der Waals surface area contributed by atoms with E-state index >= 15 is 0 Å². The molecule has 0 unspecified atom stereocenters. The highest BCUT2D eigenvalue weighted by molar-refractivity contribution is 5.83. The molecule has 2 aromatic rings. The van der Waals surface area contributed by atoms with Gasteiger partial charge in [-0.25, -0.2) is 4.39 Å². The second-order valence-electron chi connectivity index (χ2n) is 4.87. The molecule has 0 saturated heterocycles. The number of alkyl halides is 2. The number of hydrogen-bond donors (Lipinski definition) is 1. The van der Waals surface area contributed by atoms with Crippen LogP contribution in [0.2, 0.25) is 0 Å². The predicted molar refractivity (Wildman–Crippen MR) is 80.7 cm³/mol. The summed E-state index contributed by atoms with van der Waals surface area (Å²) in [5, 5.41) is 12.4. The van der Waals surface area contributed by atoms with Crippen LogP contribution in [0.4, 0.5) is 18.9 Å². The second kappa shape index (κ2) is 6.05. The minimum atomic E-state index is -3.08. The Hall–Kier alpha value is -2.94. The lowest BCUT2D eigenvalue weighted by Crippen LogP contribution is -2.07. The van der Waals surface area contributed by atoms with Crippen LogP contribution < -0.4 is 10.1 Å². The van der Waals surface area contributed by atoms with E-state index in [1.807, 2.05) is 18.2 Å². The lowest BCUT2D eigenvalue weighted by Gasteiger charge is -2.17. The summed E-state index contributed by atoms with van der Waals surface area (Å²) in [4.78, 5) is 0. The van der Waals surface area contributed by atoms with E-state index in [0.717, 1.165) is 17.3 Å². The fraction of sp³-hybridized carbons (Fsp3) is 0.118. The molecule has 1 aliphatic rings. The maximum absolute atomic E-state index is 14.3. The highest BCUT2D eigenvalue weighted by Gasteiger charge is 2.20. The van der Waals surface area contributed by atoms with E-state index in [1.165, 1.54) is 12.1 Å². The Morgan fingerprint density at radius 1 is 1.26 bits per heavy atom. The number of rotatable bonds is 3. The standard InChI is InChI=1S/C17H11F3N2O/c18-13-4-1-5-15(23-17(19)20)16(13)12-7-10-3-2-6-22-14(10)8-11(12)9-21/h1-5,7-8,17,22H,6H2. The van der Waals surface area contributed by atoms with E-state index < -0.39 is 12.4 Å². The Balaban J connectivity index is 2.23. The van der Waals surface area contributed by atoms with Crippen molar-refractivity contribution in [2.45, 2.75) is 6.61 Å². The van der Waals surface area contributed by atoms with Crippen LogP contribution in [0.5, 0.6) is 5.75 Å². The van der Waals surface area contributed by atoms with Gasteiger partial charge in [-0.2, -0.15) is 14.0 Å². The molecule has 0 fully saturated rings. The third kappa shape index (κ3) is 2.86. The molecule has 0 saturated carbocycles. The maximum atomic E-state index is 14.3. The van der Waals surface area contributed by atoms with Gasteiger partial charge < -0.3 is 10.1 Å². The summed E-state index contributed by atoms with van der Waals surface area (Å²) in [7, 11) is 0. The van der Waals surface area contributed by atoms with Gasteiger partial charge in [0.2, 0.25) is 0 Å². The zero-order valence-corrected chi connectivity index (χ0v) is 11.8. The van der Waals surface area contributed by atoms with Gasteiger partial charge in [0, 0.05) is 17.8 Å². The van der Waals surface area contributed by atoms with Crippen LogP contribution in [0, 0.1) is 17.1 Å². The van der Waals surface area contributed by atoms with Crippen LogP contribution in [0.3, 0.4) is 0 Å². The molecule has 116 valence electrons. The second-order valence-corrected chi connectivity index (χ2v) is 4.87. The molecule has 23 heavy (non-hydrogen) atoms. The van der Waals surface area contributed by atoms with Crippen molar-refractivity contribution in [3.05, 3.63) is 53.4 Å². The van der Waals surface area contributed by atoms with Gasteiger partial charge in [0.15, 0.2) is 0 Å². The Kier molecular flexibility index (Phi) is 3.94. The average Bonchev–Trinajstić information content (AvgIpc) is 2.53. The van der Waals surface area contributed by atoms with Crippen molar-refractivity contribution in [2.75, 3.05) is 11.9 Å². The fourth-order valence-corrected chi connectivity index (χ4v) is 2.52. The number of nitriles is 1. The largest absolute Gasteiger partial charge is 0.434 e. The third-order valence-corrected chi connectivity index (χ3v) is 3.48. The van der Waals surface area contributed by atoms with Crippen molar-refractivity contribution in [1.82, 2.24) is 0 Å². The predicted octanol–water partition coefficient (Wildman–Crippen LogP) is 4.40. The summed E-state index contributed by atoms with van der Waals surface area (Å²) in [5.74, 6) is -1.03. The van der Waals surface area contributed by atoms with Crippen LogP contribution >= 0.6 is 0 Å². The molecule has 0 spiro atoms. The number of nitrogens with zero attached hydrogens (tertiary/aromatic N) is 1. The topological polar surface area (TPSA) is 45.0 Å². The molecular weight excluding hydrogens is 305 g/mol. The Morgan fingerprint density at radius 2 is 2.09 bits per heavy atom. The molecule has 2 aromatic carbocycles. The summed E-state index contributed by atoms with van der Waals surface area (Å²) in [6, 6.07) is 8.82. The quantitative estimate of drug-likeness (QED) is 0.912. The van der Waals surface area contributed by atoms with E-state index in [-0.39, 0.29) is 22.4 Å². The number of ether oxygens (including phenoxy) is 1. The molecule has 3 nitrogen and oxygen atoms in total. The van der Waals surface area contributed by atoms with Crippen molar-refractivity contribution in [3.63, 3.8) is 0 Å². The van der Waals surface area contributed by atoms with E-state index in [9.17, 15) is 18.4 Å². The van der Waals surface area contributed by atoms with Gasteiger partial charge in [-0.1, -0.05) is 18.2 Å². The monoisotopic (exact) mass is 316 g/mol. The number of halogens is 3. The van der Waals surface area contributed by atoms with Gasteiger partial charge in [0.05, 0.1) is 17.2 Å². The van der Waals surface area contributed by atoms with Gasteiger partial charge in [-0.3, -0.25) is 0 Å². The number of hydrogen-bond acceptors (Lipinski definition) is 3. The third-order valence-electron chi connectivity index (χ3n) is 3.48. The molecule has 0 amide bonds. The van der Waals surface area contributed by atoms with Crippen LogP contribution in [0.1, 0.15) is 11.1 Å². The number of nitrogens with one attached hydrogen (secondary N) is 1. The van der Waals surface area contributed by atoms with Crippen LogP contribution in [0.15, 0.2) is 36.4 Å². The van der Waals surface area contributed by atoms with Crippen LogP contribution in [-0.2, 0) is 0 Å². The average molecular weight is 316 g/mol. The highest BCUT2D eigenvalue weighted by atomic mass is 19.3. The van der Waals surface area contributed by atoms with E-state index in [2.05, 4.69) is 10.1 Å². The zero-order chi connectivity index (χ0) is 16.4. The molecule has 1 aliphatic heterocycles. The summed E-state index contributed by atoms with van der Waals surface area (Å²) in [6.45, 7) is -2.46. The van der Waals surface area contributed by atoms with Crippen molar-refractivity contribution >= 4 is 11.8 Å². The van der Waals surface area contributed by atoms with Crippen molar-refractivity contribution < 1.29 is 17.9 Å². The first-order chi connectivity index (χ1) is 11.1. The number of fused-ring (bicyclic) bond motifs is 1.